The summed E-state index contributed by atoms with van der Waals surface area (Å²) in [5.74, 6) is 0.173. The van der Waals surface area contributed by atoms with Crippen molar-refractivity contribution in [2.24, 2.45) is 5.92 Å². The Hall–Kier alpha value is -1.53. The molecule has 4 heteroatoms. The van der Waals surface area contributed by atoms with Gasteiger partial charge in [-0.25, -0.2) is 0 Å². The average Bonchev–Trinajstić information content (AvgIpc) is 2.65. The molecule has 2 aromatic carbocycles. The molecule has 0 saturated heterocycles. The second kappa shape index (κ2) is 9.60. The van der Waals surface area contributed by atoms with Crippen molar-refractivity contribution in [1.82, 2.24) is 4.90 Å². The van der Waals surface area contributed by atoms with E-state index in [1.54, 1.807) is 6.07 Å². The number of rotatable bonds is 8. The zero-order valence-corrected chi connectivity index (χ0v) is 18.1. The number of hydrogen-bond donors (Lipinski definition) is 0. The first-order valence-electron chi connectivity index (χ1n) is 9.41. The summed E-state index contributed by atoms with van der Waals surface area (Å²) in [7, 11) is 2.14. The molecular formula is C23H28Cl2N2. The maximum Gasteiger partial charge on any atom is 0.0846 e. The molecule has 0 fully saturated rings. The summed E-state index contributed by atoms with van der Waals surface area (Å²) >= 11 is 12.3. The molecule has 0 aliphatic heterocycles. The smallest absolute Gasteiger partial charge is 0.0846 e. The molecule has 2 rings (SSSR count). The summed E-state index contributed by atoms with van der Waals surface area (Å²) in [6.07, 6.45) is 1.70. The Morgan fingerprint density at radius 3 is 2.26 bits per heavy atom. The fourth-order valence-electron chi connectivity index (χ4n) is 3.47. The van der Waals surface area contributed by atoms with E-state index < -0.39 is 5.41 Å². The lowest BCUT2D eigenvalue weighted by Crippen LogP contribution is -2.35. The van der Waals surface area contributed by atoms with E-state index in [0.717, 1.165) is 24.9 Å². The molecule has 27 heavy (non-hydrogen) atoms. The minimum atomic E-state index is -0.573. The van der Waals surface area contributed by atoms with Crippen molar-refractivity contribution in [3.05, 3.63) is 69.7 Å². The predicted molar refractivity (Wildman–Crippen MR) is 115 cm³/mol. The Morgan fingerprint density at radius 1 is 1.04 bits per heavy atom. The fourth-order valence-corrected chi connectivity index (χ4v) is 3.77. The highest BCUT2D eigenvalue weighted by Crippen LogP contribution is 2.39. The van der Waals surface area contributed by atoms with Crippen molar-refractivity contribution in [1.29, 1.82) is 5.26 Å². The Bertz CT molecular complexity index is 783. The minimum Gasteiger partial charge on any atom is -0.299 e. The van der Waals surface area contributed by atoms with Crippen molar-refractivity contribution in [3.63, 3.8) is 0 Å². The van der Waals surface area contributed by atoms with Crippen LogP contribution in [0.3, 0.4) is 0 Å². The van der Waals surface area contributed by atoms with Gasteiger partial charge in [-0.2, -0.15) is 5.26 Å². The number of hydrogen-bond acceptors (Lipinski definition) is 2. The lowest BCUT2D eigenvalue weighted by atomic mass is 9.69. The van der Waals surface area contributed by atoms with Crippen LogP contribution in [-0.2, 0) is 12.0 Å². The Labute approximate surface area is 173 Å². The first kappa shape index (κ1) is 21.8. The van der Waals surface area contributed by atoms with Crippen molar-refractivity contribution in [3.8, 4) is 6.07 Å². The molecule has 2 unspecified atom stereocenters. The van der Waals surface area contributed by atoms with Crippen LogP contribution >= 0.6 is 23.2 Å². The number of halogens is 2. The second-order valence-corrected chi connectivity index (χ2v) is 8.47. The molecule has 0 aliphatic carbocycles. The first-order chi connectivity index (χ1) is 12.8. The van der Waals surface area contributed by atoms with Crippen molar-refractivity contribution < 1.29 is 0 Å². The van der Waals surface area contributed by atoms with Gasteiger partial charge >= 0.3 is 0 Å². The van der Waals surface area contributed by atoms with Gasteiger partial charge < -0.3 is 0 Å². The first-order valence-corrected chi connectivity index (χ1v) is 10.2. The van der Waals surface area contributed by atoms with Gasteiger partial charge in [0, 0.05) is 12.6 Å². The SMILES string of the molecule is CC(CCC(C#N)(c1ccc(Cl)c(Cl)c1)C(C)C)N(C)Cc1ccccc1. The molecule has 0 N–H and O–H groups in total. The van der Waals surface area contributed by atoms with E-state index in [-0.39, 0.29) is 5.92 Å². The van der Waals surface area contributed by atoms with E-state index in [2.05, 4.69) is 63.1 Å². The Kier molecular flexibility index (Phi) is 7.74. The van der Waals surface area contributed by atoms with Gasteiger partial charge in [-0.05, 0) is 56.0 Å². The summed E-state index contributed by atoms with van der Waals surface area (Å²) in [6.45, 7) is 7.32. The van der Waals surface area contributed by atoms with E-state index in [4.69, 9.17) is 23.2 Å². The highest BCUT2D eigenvalue weighted by atomic mass is 35.5. The van der Waals surface area contributed by atoms with Crippen LogP contribution < -0.4 is 0 Å². The van der Waals surface area contributed by atoms with E-state index >= 15 is 0 Å². The maximum atomic E-state index is 10.1. The molecule has 0 radical (unpaired) electrons. The van der Waals surface area contributed by atoms with Crippen LogP contribution in [-0.4, -0.2) is 18.0 Å². The third-order valence-corrected chi connectivity index (χ3v) is 6.34. The maximum absolute atomic E-state index is 10.1. The van der Waals surface area contributed by atoms with Crippen LogP contribution in [0.25, 0.3) is 0 Å². The van der Waals surface area contributed by atoms with Crippen LogP contribution in [0.1, 0.15) is 44.7 Å². The highest BCUT2D eigenvalue weighted by molar-refractivity contribution is 6.42. The van der Waals surface area contributed by atoms with Crippen molar-refractivity contribution in [2.75, 3.05) is 7.05 Å². The Morgan fingerprint density at radius 2 is 1.70 bits per heavy atom. The molecular weight excluding hydrogens is 375 g/mol. The van der Waals surface area contributed by atoms with E-state index in [1.807, 2.05) is 18.2 Å². The Balaban J connectivity index is 2.14. The van der Waals surface area contributed by atoms with E-state index in [1.165, 1.54) is 5.56 Å². The summed E-state index contributed by atoms with van der Waals surface area (Å²) in [5.41, 5.74) is 1.68. The third-order valence-electron chi connectivity index (χ3n) is 5.60. The molecule has 0 amide bonds. The third kappa shape index (κ3) is 5.26. The van der Waals surface area contributed by atoms with Crippen molar-refractivity contribution >= 4 is 23.2 Å². The molecule has 2 aromatic rings. The molecule has 0 aromatic heterocycles. The standard InChI is InChI=1S/C23H28Cl2N2/c1-17(2)23(16-26,20-10-11-21(24)22(25)14-20)13-12-18(3)27(4)15-19-8-6-5-7-9-19/h5-11,14,17-18H,12-13,15H2,1-4H3. The lowest BCUT2D eigenvalue weighted by Gasteiger charge is -2.34. The molecule has 0 bridgehead atoms. The summed E-state index contributed by atoms with van der Waals surface area (Å²) < 4.78 is 0. The van der Waals surface area contributed by atoms with Gasteiger partial charge in [0.15, 0.2) is 0 Å². The van der Waals surface area contributed by atoms with Gasteiger partial charge in [0.05, 0.1) is 21.5 Å². The predicted octanol–water partition coefficient (Wildman–Crippen LogP) is 6.71. The molecule has 0 aliphatic rings. The normalized spacial score (nSPS) is 14.8. The zero-order chi connectivity index (χ0) is 20.0. The van der Waals surface area contributed by atoms with Crippen LogP contribution in [0, 0.1) is 17.2 Å². The fraction of sp³-hybridized carbons (Fsp3) is 0.435. The summed E-state index contributed by atoms with van der Waals surface area (Å²) in [6, 6.07) is 19.0. The van der Waals surface area contributed by atoms with Crippen LogP contribution in [0.4, 0.5) is 0 Å². The van der Waals surface area contributed by atoms with Gasteiger partial charge in [0.25, 0.3) is 0 Å². The monoisotopic (exact) mass is 402 g/mol. The second-order valence-electron chi connectivity index (χ2n) is 7.66. The van der Waals surface area contributed by atoms with Crippen molar-refractivity contribution in [2.45, 2.75) is 51.6 Å². The molecule has 2 nitrogen and oxygen atoms in total. The highest BCUT2D eigenvalue weighted by Gasteiger charge is 2.36. The topological polar surface area (TPSA) is 27.0 Å². The number of benzene rings is 2. The van der Waals surface area contributed by atoms with E-state index in [0.29, 0.717) is 16.1 Å². The minimum absolute atomic E-state index is 0.173. The molecule has 2 atom stereocenters. The van der Waals surface area contributed by atoms with Gasteiger partial charge in [-0.3, -0.25) is 4.90 Å². The lowest BCUT2D eigenvalue weighted by molar-refractivity contribution is 0.216. The quantitative estimate of drug-likeness (QED) is 0.490. The van der Waals surface area contributed by atoms with Crippen LogP contribution in [0.5, 0.6) is 0 Å². The van der Waals surface area contributed by atoms with E-state index in [9.17, 15) is 5.26 Å². The van der Waals surface area contributed by atoms with Crippen LogP contribution in [0.2, 0.25) is 10.0 Å². The average molecular weight is 403 g/mol. The summed E-state index contributed by atoms with van der Waals surface area (Å²) in [5, 5.41) is 11.1. The molecule has 144 valence electrons. The van der Waals surface area contributed by atoms with Gasteiger partial charge in [0.2, 0.25) is 0 Å². The molecule has 0 heterocycles. The largest absolute Gasteiger partial charge is 0.299 e. The van der Waals surface area contributed by atoms with Crippen LogP contribution in [0.15, 0.2) is 48.5 Å². The van der Waals surface area contributed by atoms with Gasteiger partial charge in [0.1, 0.15) is 0 Å². The molecule has 0 saturated carbocycles. The number of nitrogens with zero attached hydrogens (tertiary/aromatic N) is 2. The summed E-state index contributed by atoms with van der Waals surface area (Å²) in [4.78, 5) is 2.34. The molecule has 0 spiro atoms. The zero-order valence-electron chi connectivity index (χ0n) is 16.5. The number of nitriles is 1. The van der Waals surface area contributed by atoms with Gasteiger partial charge in [-0.1, -0.05) is 73.4 Å². The van der Waals surface area contributed by atoms with Gasteiger partial charge in [-0.15, -0.1) is 0 Å².